The fourth-order valence-electron chi connectivity index (χ4n) is 1.95. The van der Waals surface area contributed by atoms with E-state index < -0.39 is 0 Å². The highest BCUT2D eigenvalue weighted by Gasteiger charge is 2.05. The molecule has 0 saturated heterocycles. The Balaban J connectivity index is 2.85. The Morgan fingerprint density at radius 1 is 1.27 bits per heavy atom. The van der Waals surface area contributed by atoms with Gasteiger partial charge in [-0.3, -0.25) is 4.79 Å². The second-order valence-electron chi connectivity index (χ2n) is 4.05. The first-order valence-corrected chi connectivity index (χ1v) is 5.26. The third-order valence-electron chi connectivity index (χ3n) is 2.69. The minimum Gasteiger partial charge on any atom is -0.295 e. The second-order valence-corrected chi connectivity index (χ2v) is 4.05. The van der Waals surface area contributed by atoms with Crippen LogP contribution >= 0.6 is 0 Å². The van der Waals surface area contributed by atoms with Crippen LogP contribution in [-0.2, 0) is 11.2 Å². The van der Waals surface area contributed by atoms with Crippen molar-refractivity contribution in [1.29, 1.82) is 0 Å². The molecule has 0 atom stereocenters. The van der Waals surface area contributed by atoms with E-state index in [0.717, 1.165) is 6.42 Å². The molecule has 0 radical (unpaired) electrons. The van der Waals surface area contributed by atoms with E-state index in [9.17, 15) is 4.79 Å². The maximum absolute atomic E-state index is 11.2. The van der Waals surface area contributed by atoms with Crippen molar-refractivity contribution in [3.05, 3.63) is 47.0 Å². The molecule has 0 unspecified atom stereocenters. The van der Waals surface area contributed by atoms with Crippen LogP contribution in [0.3, 0.4) is 0 Å². The highest BCUT2D eigenvalue weighted by molar-refractivity contribution is 5.89. The number of rotatable bonds is 4. The third kappa shape index (κ3) is 3.05. The number of benzene rings is 1. The van der Waals surface area contributed by atoms with Gasteiger partial charge in [-0.15, -0.1) is 0 Å². The first-order chi connectivity index (χ1) is 7.04. The molecule has 1 heteroatoms. The Bertz CT molecular complexity index is 365. The van der Waals surface area contributed by atoms with E-state index in [0.29, 0.717) is 6.42 Å². The molecule has 0 fully saturated rings. The summed E-state index contributed by atoms with van der Waals surface area (Å²) in [5, 5.41) is 0. The smallest absolute Gasteiger partial charge is 0.155 e. The zero-order valence-electron chi connectivity index (χ0n) is 9.76. The lowest BCUT2D eigenvalue weighted by Gasteiger charge is -2.10. The Morgan fingerprint density at radius 2 is 1.80 bits per heavy atom. The molecule has 15 heavy (non-hydrogen) atoms. The van der Waals surface area contributed by atoms with Crippen molar-refractivity contribution in [2.45, 2.75) is 33.6 Å². The van der Waals surface area contributed by atoms with Gasteiger partial charge in [-0.2, -0.15) is 0 Å². The van der Waals surface area contributed by atoms with Crippen LogP contribution in [0, 0.1) is 20.8 Å². The summed E-state index contributed by atoms with van der Waals surface area (Å²) in [5.74, 6) is 0.120. The Morgan fingerprint density at radius 3 is 2.27 bits per heavy atom. The molecule has 0 N–H and O–H groups in total. The van der Waals surface area contributed by atoms with Crippen LogP contribution in [0.1, 0.15) is 28.7 Å². The summed E-state index contributed by atoms with van der Waals surface area (Å²) in [6.07, 6.45) is 2.79. The van der Waals surface area contributed by atoms with Gasteiger partial charge < -0.3 is 0 Å². The lowest BCUT2D eigenvalue weighted by Crippen LogP contribution is -2.00. The van der Waals surface area contributed by atoms with E-state index in [4.69, 9.17) is 0 Å². The maximum atomic E-state index is 11.2. The molecule has 1 aromatic carbocycles. The fourth-order valence-corrected chi connectivity index (χ4v) is 1.95. The van der Waals surface area contributed by atoms with Crippen LogP contribution in [0.15, 0.2) is 24.8 Å². The molecule has 0 spiro atoms. The van der Waals surface area contributed by atoms with Crippen LogP contribution < -0.4 is 0 Å². The zero-order valence-corrected chi connectivity index (χ0v) is 9.76. The van der Waals surface area contributed by atoms with E-state index in [1.165, 1.54) is 28.3 Å². The van der Waals surface area contributed by atoms with Crippen molar-refractivity contribution in [3.63, 3.8) is 0 Å². The molecule has 0 aliphatic carbocycles. The average Bonchev–Trinajstić information content (AvgIpc) is 2.15. The predicted molar refractivity (Wildman–Crippen MR) is 64.2 cm³/mol. The number of allylic oxidation sites excluding steroid dienone is 1. The van der Waals surface area contributed by atoms with E-state index >= 15 is 0 Å². The van der Waals surface area contributed by atoms with Gasteiger partial charge in [-0.05, 0) is 50.0 Å². The molecule has 0 bridgehead atoms. The van der Waals surface area contributed by atoms with E-state index in [-0.39, 0.29) is 5.78 Å². The monoisotopic (exact) mass is 202 g/mol. The number of aryl methyl sites for hydroxylation is 3. The summed E-state index contributed by atoms with van der Waals surface area (Å²) in [7, 11) is 0. The Hall–Kier alpha value is -1.37. The van der Waals surface area contributed by atoms with Gasteiger partial charge in [-0.1, -0.05) is 24.3 Å². The standard InChI is InChI=1S/C14H18O/c1-5-13(15)6-7-14-11(3)8-10(2)9-12(14)4/h5,8-9H,1,6-7H2,2-4H3. The maximum Gasteiger partial charge on any atom is 0.155 e. The van der Waals surface area contributed by atoms with Gasteiger partial charge in [0.2, 0.25) is 0 Å². The van der Waals surface area contributed by atoms with E-state index in [2.05, 4.69) is 39.5 Å². The van der Waals surface area contributed by atoms with Gasteiger partial charge in [0.05, 0.1) is 0 Å². The normalized spacial score (nSPS) is 10.1. The SMILES string of the molecule is C=CC(=O)CCc1c(C)cc(C)cc1C. The molecule has 1 rings (SSSR count). The average molecular weight is 202 g/mol. The van der Waals surface area contributed by atoms with E-state index in [1.54, 1.807) is 0 Å². The van der Waals surface area contributed by atoms with Crippen LogP contribution in [-0.4, -0.2) is 5.78 Å². The molecular weight excluding hydrogens is 184 g/mol. The molecular formula is C14H18O. The summed E-state index contributed by atoms with van der Waals surface area (Å²) >= 11 is 0. The number of ketones is 1. The predicted octanol–water partition coefficient (Wildman–Crippen LogP) is 3.30. The van der Waals surface area contributed by atoms with Gasteiger partial charge in [0.15, 0.2) is 5.78 Å². The molecule has 80 valence electrons. The van der Waals surface area contributed by atoms with Crippen molar-refractivity contribution in [2.75, 3.05) is 0 Å². The number of carbonyl (C=O) groups is 1. The minimum absolute atomic E-state index is 0.120. The summed E-state index contributed by atoms with van der Waals surface area (Å²) in [5.41, 5.74) is 5.15. The highest BCUT2D eigenvalue weighted by Crippen LogP contribution is 2.18. The number of hydrogen-bond acceptors (Lipinski definition) is 1. The van der Waals surface area contributed by atoms with Crippen molar-refractivity contribution in [1.82, 2.24) is 0 Å². The van der Waals surface area contributed by atoms with Gasteiger partial charge >= 0.3 is 0 Å². The topological polar surface area (TPSA) is 17.1 Å². The first kappa shape index (κ1) is 11.7. The van der Waals surface area contributed by atoms with Crippen molar-refractivity contribution < 1.29 is 4.79 Å². The van der Waals surface area contributed by atoms with Gasteiger partial charge in [-0.25, -0.2) is 0 Å². The van der Waals surface area contributed by atoms with Crippen LogP contribution in [0.25, 0.3) is 0 Å². The summed E-state index contributed by atoms with van der Waals surface area (Å²) in [4.78, 5) is 11.2. The summed E-state index contributed by atoms with van der Waals surface area (Å²) in [6, 6.07) is 4.33. The molecule has 0 heterocycles. The highest BCUT2D eigenvalue weighted by atomic mass is 16.1. The molecule has 0 aliphatic heterocycles. The second kappa shape index (κ2) is 4.92. The van der Waals surface area contributed by atoms with Gasteiger partial charge in [0.25, 0.3) is 0 Å². The molecule has 1 aromatic rings. The summed E-state index contributed by atoms with van der Waals surface area (Å²) in [6.45, 7) is 9.79. The summed E-state index contributed by atoms with van der Waals surface area (Å²) < 4.78 is 0. The lowest BCUT2D eigenvalue weighted by molar-refractivity contribution is -0.114. The molecule has 1 nitrogen and oxygen atoms in total. The first-order valence-electron chi connectivity index (χ1n) is 5.26. The quantitative estimate of drug-likeness (QED) is 0.685. The Kier molecular flexibility index (Phi) is 3.84. The van der Waals surface area contributed by atoms with Crippen molar-refractivity contribution in [3.8, 4) is 0 Å². The van der Waals surface area contributed by atoms with Crippen LogP contribution in [0.2, 0.25) is 0 Å². The third-order valence-corrected chi connectivity index (χ3v) is 2.69. The van der Waals surface area contributed by atoms with Crippen molar-refractivity contribution >= 4 is 5.78 Å². The van der Waals surface area contributed by atoms with Crippen molar-refractivity contribution in [2.24, 2.45) is 0 Å². The number of carbonyl (C=O) groups excluding carboxylic acids is 1. The molecule has 0 amide bonds. The zero-order chi connectivity index (χ0) is 11.4. The van der Waals surface area contributed by atoms with Gasteiger partial charge in [0.1, 0.15) is 0 Å². The molecule has 0 aliphatic rings. The lowest BCUT2D eigenvalue weighted by atomic mass is 9.95. The fraction of sp³-hybridized carbons (Fsp3) is 0.357. The van der Waals surface area contributed by atoms with E-state index in [1.807, 2.05) is 0 Å². The van der Waals surface area contributed by atoms with Crippen LogP contribution in [0.4, 0.5) is 0 Å². The number of hydrogen-bond donors (Lipinski definition) is 0. The minimum atomic E-state index is 0.120. The Labute approximate surface area is 91.8 Å². The largest absolute Gasteiger partial charge is 0.295 e. The van der Waals surface area contributed by atoms with Gasteiger partial charge in [0, 0.05) is 6.42 Å². The van der Waals surface area contributed by atoms with Crippen LogP contribution in [0.5, 0.6) is 0 Å². The molecule has 0 saturated carbocycles. The molecule has 0 aromatic heterocycles.